The highest BCUT2D eigenvalue weighted by Crippen LogP contribution is 2.47. The summed E-state index contributed by atoms with van der Waals surface area (Å²) >= 11 is 0. The number of nitrogens with two attached hydrogens (primary N) is 1. The largest absolute Gasteiger partial charge is 0.456 e. The van der Waals surface area contributed by atoms with Crippen molar-refractivity contribution >= 4 is 5.97 Å². The van der Waals surface area contributed by atoms with Gasteiger partial charge in [-0.15, -0.1) is 0 Å². The van der Waals surface area contributed by atoms with E-state index in [0.29, 0.717) is 12.1 Å². The van der Waals surface area contributed by atoms with E-state index in [2.05, 4.69) is 0 Å². The van der Waals surface area contributed by atoms with Gasteiger partial charge in [0.1, 0.15) is 5.60 Å². The van der Waals surface area contributed by atoms with Crippen molar-refractivity contribution in [3.8, 4) is 0 Å². The van der Waals surface area contributed by atoms with Crippen LogP contribution in [0.1, 0.15) is 49.5 Å². The highest BCUT2D eigenvalue weighted by Gasteiger charge is 2.42. The van der Waals surface area contributed by atoms with E-state index in [1.54, 1.807) is 0 Å². The van der Waals surface area contributed by atoms with E-state index in [9.17, 15) is 4.79 Å². The molecule has 0 bridgehead atoms. The molecule has 1 aliphatic carbocycles. The SMILES string of the molecule is CC(C)(C)OC(=O)c1ccc(C2(CN)CC2)cc1. The van der Waals surface area contributed by atoms with Gasteiger partial charge in [0.2, 0.25) is 0 Å². The summed E-state index contributed by atoms with van der Waals surface area (Å²) < 4.78 is 5.33. The summed E-state index contributed by atoms with van der Waals surface area (Å²) in [4.78, 5) is 11.9. The molecule has 0 aliphatic heterocycles. The Labute approximate surface area is 108 Å². The lowest BCUT2D eigenvalue weighted by Gasteiger charge is -2.20. The molecular formula is C15H21NO2. The Hall–Kier alpha value is -1.35. The van der Waals surface area contributed by atoms with Crippen molar-refractivity contribution in [3.05, 3.63) is 35.4 Å². The summed E-state index contributed by atoms with van der Waals surface area (Å²) in [5, 5.41) is 0. The standard InChI is InChI=1S/C15H21NO2/c1-14(2,3)18-13(17)11-4-6-12(7-5-11)15(10-16)8-9-15/h4-7H,8-10,16H2,1-3H3. The average molecular weight is 247 g/mol. The van der Waals surface area contributed by atoms with E-state index in [1.165, 1.54) is 5.56 Å². The van der Waals surface area contributed by atoms with E-state index in [-0.39, 0.29) is 11.4 Å². The zero-order valence-corrected chi connectivity index (χ0v) is 11.3. The molecule has 2 rings (SSSR count). The van der Waals surface area contributed by atoms with Crippen LogP contribution in [0, 0.1) is 0 Å². The van der Waals surface area contributed by atoms with Crippen molar-refractivity contribution in [3.63, 3.8) is 0 Å². The van der Waals surface area contributed by atoms with Gasteiger partial charge < -0.3 is 10.5 Å². The van der Waals surface area contributed by atoms with Gasteiger partial charge in [0.25, 0.3) is 0 Å². The van der Waals surface area contributed by atoms with E-state index >= 15 is 0 Å². The summed E-state index contributed by atoms with van der Waals surface area (Å²) in [6.45, 7) is 6.28. The topological polar surface area (TPSA) is 52.3 Å². The second-order valence-corrected chi connectivity index (χ2v) is 6.06. The Morgan fingerprint density at radius 1 is 1.28 bits per heavy atom. The van der Waals surface area contributed by atoms with Crippen LogP contribution in [0.3, 0.4) is 0 Å². The highest BCUT2D eigenvalue weighted by molar-refractivity contribution is 5.89. The van der Waals surface area contributed by atoms with Crippen LogP contribution < -0.4 is 5.73 Å². The number of benzene rings is 1. The lowest BCUT2D eigenvalue weighted by Crippen LogP contribution is -2.24. The second kappa shape index (κ2) is 4.39. The van der Waals surface area contributed by atoms with Gasteiger partial charge in [-0.05, 0) is 51.3 Å². The summed E-state index contributed by atoms with van der Waals surface area (Å²) in [6, 6.07) is 7.66. The predicted octanol–water partition coefficient (Wildman–Crippen LogP) is 2.63. The summed E-state index contributed by atoms with van der Waals surface area (Å²) in [7, 11) is 0. The number of hydrogen-bond acceptors (Lipinski definition) is 3. The maximum atomic E-state index is 11.9. The first-order valence-electron chi connectivity index (χ1n) is 6.40. The Morgan fingerprint density at radius 2 is 1.83 bits per heavy atom. The van der Waals surface area contributed by atoms with Crippen LogP contribution in [0.5, 0.6) is 0 Å². The molecule has 1 aromatic carbocycles. The van der Waals surface area contributed by atoms with Crippen LogP contribution in [0.25, 0.3) is 0 Å². The molecule has 0 aromatic heterocycles. The summed E-state index contributed by atoms with van der Waals surface area (Å²) in [6.07, 6.45) is 2.30. The molecule has 18 heavy (non-hydrogen) atoms. The Bertz CT molecular complexity index is 439. The number of hydrogen-bond donors (Lipinski definition) is 1. The Balaban J connectivity index is 2.11. The minimum absolute atomic E-state index is 0.173. The van der Waals surface area contributed by atoms with Crippen LogP contribution >= 0.6 is 0 Å². The maximum absolute atomic E-state index is 11.9. The van der Waals surface area contributed by atoms with E-state index < -0.39 is 5.60 Å². The van der Waals surface area contributed by atoms with Gasteiger partial charge in [-0.1, -0.05) is 12.1 Å². The van der Waals surface area contributed by atoms with Crippen LogP contribution in [-0.2, 0) is 10.2 Å². The highest BCUT2D eigenvalue weighted by atomic mass is 16.6. The lowest BCUT2D eigenvalue weighted by atomic mass is 9.95. The van der Waals surface area contributed by atoms with Crippen LogP contribution in [0.15, 0.2) is 24.3 Å². The van der Waals surface area contributed by atoms with Gasteiger partial charge in [0, 0.05) is 12.0 Å². The van der Waals surface area contributed by atoms with E-state index in [1.807, 2.05) is 45.0 Å². The molecule has 98 valence electrons. The first kappa shape index (κ1) is 13.1. The van der Waals surface area contributed by atoms with Crippen molar-refractivity contribution in [2.24, 2.45) is 5.73 Å². The number of carbonyl (C=O) groups excluding carboxylic acids is 1. The molecule has 2 N–H and O–H groups in total. The van der Waals surface area contributed by atoms with Gasteiger partial charge in [-0.3, -0.25) is 0 Å². The molecule has 0 heterocycles. The summed E-state index contributed by atoms with van der Waals surface area (Å²) in [5.41, 5.74) is 7.34. The van der Waals surface area contributed by atoms with Crippen molar-refractivity contribution in [2.45, 2.75) is 44.6 Å². The van der Waals surface area contributed by atoms with Gasteiger partial charge in [0.15, 0.2) is 0 Å². The van der Waals surface area contributed by atoms with Crippen molar-refractivity contribution < 1.29 is 9.53 Å². The number of esters is 1. The molecular weight excluding hydrogens is 226 g/mol. The predicted molar refractivity (Wildman–Crippen MR) is 71.6 cm³/mol. The summed E-state index contributed by atoms with van der Waals surface area (Å²) in [5.74, 6) is -0.272. The molecule has 1 aromatic rings. The minimum Gasteiger partial charge on any atom is -0.456 e. The van der Waals surface area contributed by atoms with E-state index in [0.717, 1.165) is 12.8 Å². The molecule has 1 fully saturated rings. The first-order chi connectivity index (χ1) is 8.36. The van der Waals surface area contributed by atoms with Gasteiger partial charge in [-0.2, -0.15) is 0 Å². The fourth-order valence-electron chi connectivity index (χ4n) is 2.06. The third-order valence-electron chi connectivity index (χ3n) is 3.38. The van der Waals surface area contributed by atoms with Crippen molar-refractivity contribution in [1.29, 1.82) is 0 Å². The Kier molecular flexibility index (Phi) is 3.20. The van der Waals surface area contributed by atoms with Crippen LogP contribution in [0.2, 0.25) is 0 Å². The normalized spacial score (nSPS) is 17.3. The molecule has 1 aliphatic rings. The van der Waals surface area contributed by atoms with Gasteiger partial charge >= 0.3 is 5.97 Å². The fourth-order valence-corrected chi connectivity index (χ4v) is 2.06. The van der Waals surface area contributed by atoms with Crippen LogP contribution in [0.4, 0.5) is 0 Å². The molecule has 0 spiro atoms. The number of ether oxygens (including phenoxy) is 1. The maximum Gasteiger partial charge on any atom is 0.338 e. The zero-order valence-electron chi connectivity index (χ0n) is 11.3. The monoisotopic (exact) mass is 247 g/mol. The van der Waals surface area contributed by atoms with Crippen molar-refractivity contribution in [2.75, 3.05) is 6.54 Å². The minimum atomic E-state index is -0.454. The molecule has 0 unspecified atom stereocenters. The lowest BCUT2D eigenvalue weighted by molar-refractivity contribution is 0.00695. The molecule has 0 amide bonds. The fraction of sp³-hybridized carbons (Fsp3) is 0.533. The van der Waals surface area contributed by atoms with Gasteiger partial charge in [-0.25, -0.2) is 4.79 Å². The quantitative estimate of drug-likeness (QED) is 0.835. The second-order valence-electron chi connectivity index (χ2n) is 6.06. The van der Waals surface area contributed by atoms with Gasteiger partial charge in [0.05, 0.1) is 5.56 Å². The molecule has 1 saturated carbocycles. The smallest absolute Gasteiger partial charge is 0.338 e. The Morgan fingerprint density at radius 3 is 2.22 bits per heavy atom. The molecule has 3 nitrogen and oxygen atoms in total. The van der Waals surface area contributed by atoms with Crippen LogP contribution in [-0.4, -0.2) is 18.1 Å². The molecule has 0 saturated heterocycles. The third kappa shape index (κ3) is 2.72. The molecule has 0 radical (unpaired) electrons. The molecule has 3 heteroatoms. The van der Waals surface area contributed by atoms with E-state index in [4.69, 9.17) is 10.5 Å². The first-order valence-corrected chi connectivity index (χ1v) is 6.40. The average Bonchev–Trinajstić information content (AvgIpc) is 3.08. The zero-order chi connectivity index (χ0) is 13.4. The molecule has 0 atom stereocenters. The van der Waals surface area contributed by atoms with Crippen molar-refractivity contribution in [1.82, 2.24) is 0 Å². The number of carbonyl (C=O) groups is 1. The number of rotatable bonds is 3. The third-order valence-corrected chi connectivity index (χ3v) is 3.38.